The second kappa shape index (κ2) is 4.02. The molecule has 0 amide bonds. The molecule has 1 heterocycles. The Balaban J connectivity index is 2.37. The van der Waals surface area contributed by atoms with Crippen LogP contribution in [-0.4, -0.2) is 16.1 Å². The summed E-state index contributed by atoms with van der Waals surface area (Å²) in [7, 11) is 0. The van der Waals surface area contributed by atoms with Crippen LogP contribution >= 0.6 is 15.9 Å². The highest BCUT2D eigenvalue weighted by atomic mass is 79.9. The van der Waals surface area contributed by atoms with Crippen LogP contribution in [0.1, 0.15) is 34.8 Å². The number of hydrogen-bond acceptors (Lipinski definition) is 2. The summed E-state index contributed by atoms with van der Waals surface area (Å²) < 4.78 is 13.9. The number of aromatic nitrogens is 1. The molecule has 0 aliphatic heterocycles. The number of pyridine rings is 1. The normalized spacial score (nSPS) is 15.0. The van der Waals surface area contributed by atoms with Gasteiger partial charge in [-0.3, -0.25) is 4.98 Å². The van der Waals surface area contributed by atoms with E-state index < -0.39 is 11.8 Å². The van der Waals surface area contributed by atoms with Crippen molar-refractivity contribution in [1.29, 1.82) is 0 Å². The number of fused-ring (bicyclic) bond motifs is 1. The van der Waals surface area contributed by atoms with Crippen LogP contribution < -0.4 is 0 Å². The predicted molar refractivity (Wildman–Crippen MR) is 68.3 cm³/mol. The zero-order valence-electron chi connectivity index (χ0n) is 9.28. The topological polar surface area (TPSA) is 50.2 Å². The molecular formula is C13H9BrFNO2. The van der Waals surface area contributed by atoms with Gasteiger partial charge in [-0.2, -0.15) is 0 Å². The van der Waals surface area contributed by atoms with Crippen LogP contribution in [0.2, 0.25) is 0 Å². The standard InChI is InChI=1S/C13H9BrFNO2/c14-10-4-7(15)3-8-9(13(17)18)5-11(6-1-2-6)16-12(8)10/h3-6H,1-2H2,(H,17,18). The minimum Gasteiger partial charge on any atom is -0.478 e. The van der Waals surface area contributed by atoms with Gasteiger partial charge in [-0.25, -0.2) is 9.18 Å². The largest absolute Gasteiger partial charge is 0.478 e. The number of carboxylic acid groups (broad SMARTS) is 1. The van der Waals surface area contributed by atoms with Crippen LogP contribution in [0.25, 0.3) is 10.9 Å². The van der Waals surface area contributed by atoms with E-state index in [4.69, 9.17) is 0 Å². The van der Waals surface area contributed by atoms with Crippen molar-refractivity contribution in [3.8, 4) is 0 Å². The molecule has 1 fully saturated rings. The highest BCUT2D eigenvalue weighted by Gasteiger charge is 2.27. The number of rotatable bonds is 2. The van der Waals surface area contributed by atoms with E-state index >= 15 is 0 Å². The van der Waals surface area contributed by atoms with Crippen LogP contribution in [0.15, 0.2) is 22.7 Å². The summed E-state index contributed by atoms with van der Waals surface area (Å²) in [6.45, 7) is 0. The molecule has 0 atom stereocenters. The highest BCUT2D eigenvalue weighted by Crippen LogP contribution is 2.41. The van der Waals surface area contributed by atoms with Crippen molar-refractivity contribution in [2.75, 3.05) is 0 Å². The monoisotopic (exact) mass is 309 g/mol. The van der Waals surface area contributed by atoms with Crippen molar-refractivity contribution in [3.05, 3.63) is 39.7 Å². The quantitative estimate of drug-likeness (QED) is 0.920. The first-order valence-corrected chi connectivity index (χ1v) is 6.38. The molecule has 0 spiro atoms. The fourth-order valence-electron chi connectivity index (χ4n) is 2.04. The van der Waals surface area contributed by atoms with Gasteiger partial charge in [-0.05, 0) is 47.0 Å². The van der Waals surface area contributed by atoms with E-state index in [-0.39, 0.29) is 5.56 Å². The van der Waals surface area contributed by atoms with Crippen LogP contribution in [0.3, 0.4) is 0 Å². The summed E-state index contributed by atoms with van der Waals surface area (Å²) in [4.78, 5) is 15.7. The zero-order valence-corrected chi connectivity index (χ0v) is 10.9. The zero-order chi connectivity index (χ0) is 12.9. The van der Waals surface area contributed by atoms with E-state index in [9.17, 15) is 14.3 Å². The number of benzene rings is 1. The maximum atomic E-state index is 13.4. The second-order valence-electron chi connectivity index (χ2n) is 4.46. The van der Waals surface area contributed by atoms with Crippen molar-refractivity contribution in [3.63, 3.8) is 0 Å². The molecule has 92 valence electrons. The molecule has 1 saturated carbocycles. The molecule has 1 N–H and O–H groups in total. The number of aromatic carboxylic acids is 1. The van der Waals surface area contributed by atoms with E-state index in [1.54, 1.807) is 6.07 Å². The summed E-state index contributed by atoms with van der Waals surface area (Å²) in [5.74, 6) is -1.18. The number of carboxylic acids is 1. The molecule has 0 radical (unpaired) electrons. The maximum Gasteiger partial charge on any atom is 0.336 e. The Labute approximate surface area is 111 Å². The fraction of sp³-hybridized carbons (Fsp3) is 0.231. The van der Waals surface area contributed by atoms with Crippen LogP contribution in [0.4, 0.5) is 4.39 Å². The van der Waals surface area contributed by atoms with Gasteiger partial charge in [0, 0.05) is 21.5 Å². The average Bonchev–Trinajstić information content (AvgIpc) is 3.11. The average molecular weight is 310 g/mol. The molecule has 1 aromatic heterocycles. The number of halogens is 2. The van der Waals surface area contributed by atoms with Gasteiger partial charge >= 0.3 is 5.97 Å². The molecule has 0 unspecified atom stereocenters. The van der Waals surface area contributed by atoms with Gasteiger partial charge < -0.3 is 5.11 Å². The summed E-state index contributed by atoms with van der Waals surface area (Å²) in [5.41, 5.74) is 1.41. The SMILES string of the molecule is O=C(O)c1cc(C2CC2)nc2c(Br)cc(F)cc12. The molecular weight excluding hydrogens is 301 g/mol. The lowest BCUT2D eigenvalue weighted by Gasteiger charge is -2.07. The first kappa shape index (κ1) is 11.6. The summed E-state index contributed by atoms with van der Waals surface area (Å²) >= 11 is 3.24. The molecule has 0 bridgehead atoms. The van der Waals surface area contributed by atoms with E-state index in [1.165, 1.54) is 12.1 Å². The highest BCUT2D eigenvalue weighted by molar-refractivity contribution is 9.10. The Morgan fingerprint density at radius 3 is 2.72 bits per heavy atom. The third-order valence-corrected chi connectivity index (χ3v) is 3.68. The molecule has 1 aromatic carbocycles. The van der Waals surface area contributed by atoms with Gasteiger partial charge in [0.2, 0.25) is 0 Å². The number of nitrogens with zero attached hydrogens (tertiary/aromatic N) is 1. The van der Waals surface area contributed by atoms with Gasteiger partial charge in [0.25, 0.3) is 0 Å². The van der Waals surface area contributed by atoms with Crippen LogP contribution in [0, 0.1) is 5.82 Å². The molecule has 3 rings (SSSR count). The Kier molecular flexibility index (Phi) is 2.59. The van der Waals surface area contributed by atoms with Crippen molar-refractivity contribution in [2.24, 2.45) is 0 Å². The van der Waals surface area contributed by atoms with E-state index in [2.05, 4.69) is 20.9 Å². The Morgan fingerprint density at radius 2 is 2.11 bits per heavy atom. The van der Waals surface area contributed by atoms with Crippen molar-refractivity contribution in [1.82, 2.24) is 4.98 Å². The van der Waals surface area contributed by atoms with Crippen LogP contribution in [-0.2, 0) is 0 Å². The van der Waals surface area contributed by atoms with Crippen molar-refractivity contribution in [2.45, 2.75) is 18.8 Å². The van der Waals surface area contributed by atoms with E-state index in [1.807, 2.05) is 0 Å². The van der Waals surface area contributed by atoms with Crippen molar-refractivity contribution < 1.29 is 14.3 Å². The summed E-state index contributed by atoms with van der Waals surface area (Å²) in [6, 6.07) is 4.08. The van der Waals surface area contributed by atoms with Gasteiger partial charge in [0.15, 0.2) is 0 Å². The van der Waals surface area contributed by atoms with E-state index in [0.717, 1.165) is 18.5 Å². The minimum atomic E-state index is -1.05. The van der Waals surface area contributed by atoms with Crippen molar-refractivity contribution >= 4 is 32.8 Å². The molecule has 1 aliphatic rings. The lowest BCUT2D eigenvalue weighted by molar-refractivity contribution is 0.0699. The van der Waals surface area contributed by atoms with E-state index in [0.29, 0.717) is 21.3 Å². The maximum absolute atomic E-state index is 13.4. The summed E-state index contributed by atoms with van der Waals surface area (Å²) in [6.07, 6.45) is 2.08. The Bertz CT molecular complexity index is 668. The molecule has 5 heteroatoms. The Morgan fingerprint density at radius 1 is 1.39 bits per heavy atom. The second-order valence-corrected chi connectivity index (χ2v) is 5.31. The first-order valence-electron chi connectivity index (χ1n) is 5.59. The van der Waals surface area contributed by atoms with Gasteiger partial charge in [-0.1, -0.05) is 0 Å². The minimum absolute atomic E-state index is 0.113. The predicted octanol–water partition coefficient (Wildman–Crippen LogP) is 3.71. The third kappa shape index (κ3) is 1.88. The summed E-state index contributed by atoms with van der Waals surface area (Å²) in [5, 5.41) is 9.56. The molecule has 0 saturated heterocycles. The molecule has 2 aromatic rings. The van der Waals surface area contributed by atoms with Crippen LogP contribution in [0.5, 0.6) is 0 Å². The van der Waals surface area contributed by atoms with Gasteiger partial charge in [0.1, 0.15) is 5.82 Å². The Hall–Kier alpha value is -1.49. The molecule has 3 nitrogen and oxygen atoms in total. The van der Waals surface area contributed by atoms with Gasteiger partial charge in [0.05, 0.1) is 11.1 Å². The third-order valence-electron chi connectivity index (χ3n) is 3.08. The number of hydrogen-bond donors (Lipinski definition) is 1. The number of carbonyl (C=O) groups is 1. The smallest absolute Gasteiger partial charge is 0.336 e. The molecule has 1 aliphatic carbocycles. The lowest BCUT2D eigenvalue weighted by Crippen LogP contribution is -2.02. The molecule has 18 heavy (non-hydrogen) atoms. The lowest BCUT2D eigenvalue weighted by atomic mass is 10.1. The fourth-order valence-corrected chi connectivity index (χ4v) is 2.56. The first-order chi connectivity index (χ1) is 8.56. The van der Waals surface area contributed by atoms with Gasteiger partial charge in [-0.15, -0.1) is 0 Å².